The van der Waals surface area contributed by atoms with Crippen LogP contribution >= 0.6 is 23.2 Å². The standard InChI is InChI=1S/C19H21Cl2N3O4S/c1-2-28-16-7-6-14(23-19(25)13-10-15(20)18(21)22-12-13)11-17(16)29(26,27)24-8-4-3-5-9-24/h6-7,10-12H,2-5,8-9H2,1H3,(H,23,25). The Morgan fingerprint density at radius 3 is 2.59 bits per heavy atom. The highest BCUT2D eigenvalue weighted by Crippen LogP contribution is 2.31. The van der Waals surface area contributed by atoms with Crippen molar-refractivity contribution in [2.24, 2.45) is 0 Å². The van der Waals surface area contributed by atoms with Crippen LogP contribution in [0.2, 0.25) is 10.2 Å². The van der Waals surface area contributed by atoms with Gasteiger partial charge in [0.25, 0.3) is 5.91 Å². The molecule has 3 rings (SSSR count). The number of carbonyl (C=O) groups excluding carboxylic acids is 1. The molecule has 1 N–H and O–H groups in total. The molecule has 1 aromatic heterocycles. The molecule has 1 aliphatic heterocycles. The maximum absolute atomic E-state index is 13.2. The van der Waals surface area contributed by atoms with Crippen molar-refractivity contribution < 1.29 is 17.9 Å². The van der Waals surface area contributed by atoms with Gasteiger partial charge in [0, 0.05) is 25.0 Å². The van der Waals surface area contributed by atoms with Crippen molar-refractivity contribution >= 4 is 44.8 Å². The van der Waals surface area contributed by atoms with E-state index in [-0.39, 0.29) is 26.4 Å². The van der Waals surface area contributed by atoms with Gasteiger partial charge in [0.05, 0.1) is 17.2 Å². The van der Waals surface area contributed by atoms with E-state index >= 15 is 0 Å². The number of ether oxygens (including phenoxy) is 1. The largest absolute Gasteiger partial charge is 0.492 e. The molecule has 0 aliphatic carbocycles. The second-order valence-corrected chi connectivity index (χ2v) is 9.18. The van der Waals surface area contributed by atoms with Crippen molar-refractivity contribution in [3.05, 3.63) is 46.2 Å². The Kier molecular flexibility index (Phi) is 7.00. The van der Waals surface area contributed by atoms with Crippen molar-refractivity contribution in [1.29, 1.82) is 0 Å². The Morgan fingerprint density at radius 2 is 1.93 bits per heavy atom. The van der Waals surface area contributed by atoms with Gasteiger partial charge in [0.2, 0.25) is 10.0 Å². The maximum atomic E-state index is 13.2. The summed E-state index contributed by atoms with van der Waals surface area (Å²) in [6, 6.07) is 5.94. The van der Waals surface area contributed by atoms with Gasteiger partial charge < -0.3 is 10.1 Å². The van der Waals surface area contributed by atoms with E-state index in [9.17, 15) is 13.2 Å². The van der Waals surface area contributed by atoms with E-state index in [0.717, 1.165) is 19.3 Å². The number of piperidine rings is 1. The number of nitrogens with zero attached hydrogens (tertiary/aromatic N) is 2. The van der Waals surface area contributed by atoms with Crippen molar-refractivity contribution in [2.75, 3.05) is 25.0 Å². The SMILES string of the molecule is CCOc1ccc(NC(=O)c2cnc(Cl)c(Cl)c2)cc1S(=O)(=O)N1CCCCC1. The summed E-state index contributed by atoms with van der Waals surface area (Å²) >= 11 is 11.7. The molecule has 0 radical (unpaired) electrons. The lowest BCUT2D eigenvalue weighted by Gasteiger charge is -2.27. The van der Waals surface area contributed by atoms with Gasteiger partial charge in [-0.25, -0.2) is 13.4 Å². The predicted octanol–water partition coefficient (Wildman–Crippen LogP) is 4.21. The van der Waals surface area contributed by atoms with E-state index < -0.39 is 15.9 Å². The molecule has 1 fully saturated rings. The number of nitrogens with one attached hydrogen (secondary N) is 1. The first-order chi connectivity index (χ1) is 13.8. The fourth-order valence-corrected chi connectivity index (χ4v) is 5.00. The Balaban J connectivity index is 1.91. The molecule has 1 aromatic carbocycles. The zero-order valence-electron chi connectivity index (χ0n) is 15.8. The summed E-state index contributed by atoms with van der Waals surface area (Å²) in [7, 11) is -3.74. The van der Waals surface area contributed by atoms with Crippen molar-refractivity contribution in [3.63, 3.8) is 0 Å². The van der Waals surface area contributed by atoms with Gasteiger partial charge in [0.15, 0.2) is 0 Å². The molecule has 0 unspecified atom stereocenters. The lowest BCUT2D eigenvalue weighted by atomic mass is 10.2. The summed E-state index contributed by atoms with van der Waals surface area (Å²) in [5.41, 5.74) is 0.522. The summed E-state index contributed by atoms with van der Waals surface area (Å²) in [6.45, 7) is 3.05. The van der Waals surface area contributed by atoms with Crippen LogP contribution in [-0.4, -0.2) is 43.3 Å². The van der Waals surface area contributed by atoms with Crippen molar-refractivity contribution in [2.45, 2.75) is 31.1 Å². The molecular formula is C19H21Cl2N3O4S. The first-order valence-electron chi connectivity index (χ1n) is 9.22. The van der Waals surface area contributed by atoms with Gasteiger partial charge >= 0.3 is 0 Å². The smallest absolute Gasteiger partial charge is 0.257 e. The van der Waals surface area contributed by atoms with Crippen LogP contribution in [0.3, 0.4) is 0 Å². The fourth-order valence-electron chi connectivity index (χ4n) is 3.06. The van der Waals surface area contributed by atoms with Crippen LogP contribution in [0, 0.1) is 0 Å². The van der Waals surface area contributed by atoms with Gasteiger partial charge in [0.1, 0.15) is 15.8 Å². The minimum absolute atomic E-state index is 0.0336. The molecule has 1 aliphatic rings. The van der Waals surface area contributed by atoms with Crippen LogP contribution < -0.4 is 10.1 Å². The summed E-state index contributed by atoms with van der Waals surface area (Å²) in [6.07, 6.45) is 3.95. The van der Waals surface area contributed by atoms with E-state index in [2.05, 4.69) is 10.3 Å². The number of halogens is 2. The Hall–Kier alpha value is -1.87. The van der Waals surface area contributed by atoms with Gasteiger partial charge in [-0.05, 0) is 44.0 Å². The zero-order chi connectivity index (χ0) is 21.0. The summed E-state index contributed by atoms with van der Waals surface area (Å²) in [5, 5.41) is 2.92. The van der Waals surface area contributed by atoms with E-state index in [0.29, 0.717) is 25.4 Å². The number of rotatable bonds is 6. The molecule has 10 heteroatoms. The van der Waals surface area contributed by atoms with Crippen molar-refractivity contribution in [1.82, 2.24) is 9.29 Å². The molecule has 0 atom stereocenters. The molecule has 0 saturated carbocycles. The highest BCUT2D eigenvalue weighted by molar-refractivity contribution is 7.89. The predicted molar refractivity (Wildman–Crippen MR) is 112 cm³/mol. The van der Waals surface area contributed by atoms with Gasteiger partial charge in [-0.2, -0.15) is 4.31 Å². The first kappa shape index (κ1) is 21.8. The molecular weight excluding hydrogens is 437 g/mol. The van der Waals surface area contributed by atoms with Crippen LogP contribution in [0.15, 0.2) is 35.4 Å². The average molecular weight is 458 g/mol. The minimum atomic E-state index is -3.74. The molecule has 2 heterocycles. The Labute approximate surface area is 180 Å². The number of anilines is 1. The number of hydrogen-bond acceptors (Lipinski definition) is 5. The van der Waals surface area contributed by atoms with Crippen LogP contribution in [0.4, 0.5) is 5.69 Å². The number of aromatic nitrogens is 1. The number of amides is 1. The average Bonchev–Trinajstić information content (AvgIpc) is 2.72. The second-order valence-electron chi connectivity index (χ2n) is 6.51. The molecule has 1 amide bonds. The summed E-state index contributed by atoms with van der Waals surface area (Å²) in [4.78, 5) is 16.4. The monoisotopic (exact) mass is 457 g/mol. The van der Waals surface area contributed by atoms with Crippen molar-refractivity contribution in [3.8, 4) is 5.75 Å². The van der Waals surface area contributed by atoms with E-state index in [1.807, 2.05) is 0 Å². The molecule has 156 valence electrons. The van der Waals surface area contributed by atoms with E-state index in [4.69, 9.17) is 27.9 Å². The highest BCUT2D eigenvalue weighted by Gasteiger charge is 2.29. The van der Waals surface area contributed by atoms with Crippen LogP contribution in [-0.2, 0) is 10.0 Å². The highest BCUT2D eigenvalue weighted by atomic mass is 35.5. The Morgan fingerprint density at radius 1 is 1.21 bits per heavy atom. The molecule has 1 saturated heterocycles. The molecule has 2 aromatic rings. The van der Waals surface area contributed by atoms with Crippen LogP contribution in [0.1, 0.15) is 36.5 Å². The van der Waals surface area contributed by atoms with E-state index in [1.54, 1.807) is 19.1 Å². The summed E-state index contributed by atoms with van der Waals surface area (Å²) < 4.78 is 33.3. The normalized spacial score (nSPS) is 15.1. The van der Waals surface area contributed by atoms with Gasteiger partial charge in [-0.3, -0.25) is 4.79 Å². The third-order valence-electron chi connectivity index (χ3n) is 4.49. The fraction of sp³-hybridized carbons (Fsp3) is 0.368. The maximum Gasteiger partial charge on any atom is 0.257 e. The molecule has 7 nitrogen and oxygen atoms in total. The molecule has 0 bridgehead atoms. The molecule has 0 spiro atoms. The number of sulfonamides is 1. The molecule has 29 heavy (non-hydrogen) atoms. The number of hydrogen-bond donors (Lipinski definition) is 1. The second kappa shape index (κ2) is 9.30. The van der Waals surface area contributed by atoms with Crippen LogP contribution in [0.25, 0.3) is 0 Å². The lowest BCUT2D eigenvalue weighted by molar-refractivity contribution is 0.102. The first-order valence-corrected chi connectivity index (χ1v) is 11.4. The third-order valence-corrected chi connectivity index (χ3v) is 7.10. The minimum Gasteiger partial charge on any atom is -0.492 e. The zero-order valence-corrected chi connectivity index (χ0v) is 18.1. The number of carbonyl (C=O) groups is 1. The third kappa shape index (κ3) is 5.01. The van der Waals surface area contributed by atoms with E-state index in [1.165, 1.54) is 22.6 Å². The number of benzene rings is 1. The van der Waals surface area contributed by atoms with Gasteiger partial charge in [-0.15, -0.1) is 0 Å². The lowest BCUT2D eigenvalue weighted by Crippen LogP contribution is -2.35. The van der Waals surface area contributed by atoms with Gasteiger partial charge in [-0.1, -0.05) is 29.6 Å². The number of pyridine rings is 1. The summed E-state index contributed by atoms with van der Waals surface area (Å²) in [5.74, 6) is -0.228. The van der Waals surface area contributed by atoms with Crippen LogP contribution in [0.5, 0.6) is 5.75 Å². The quantitative estimate of drug-likeness (QED) is 0.655. The Bertz CT molecular complexity index is 1010. The topological polar surface area (TPSA) is 88.6 Å².